The first-order valence-corrected chi connectivity index (χ1v) is 10.4. The van der Waals surface area contributed by atoms with Crippen molar-refractivity contribution >= 4 is 40.6 Å². The molecule has 148 valence electrons. The van der Waals surface area contributed by atoms with E-state index >= 15 is 0 Å². The molecular weight excluding hydrogens is 396 g/mol. The van der Waals surface area contributed by atoms with E-state index in [-0.39, 0.29) is 17.1 Å². The van der Waals surface area contributed by atoms with Gasteiger partial charge in [-0.2, -0.15) is 0 Å². The Labute approximate surface area is 177 Å². The summed E-state index contributed by atoms with van der Waals surface area (Å²) in [5.41, 5.74) is 4.53. The molecule has 0 spiro atoms. The minimum atomic E-state index is -0.238. The number of fused-ring (bicyclic) bond motifs is 2. The highest BCUT2D eigenvalue weighted by Crippen LogP contribution is 2.36. The first-order chi connectivity index (χ1) is 14.6. The number of benzene rings is 2. The second kappa shape index (κ2) is 7.35. The van der Waals surface area contributed by atoms with Gasteiger partial charge in [0.2, 0.25) is 5.91 Å². The van der Waals surface area contributed by atoms with Crippen molar-refractivity contribution in [2.45, 2.75) is 17.1 Å². The quantitative estimate of drug-likeness (QED) is 0.510. The molecule has 2 aromatic heterocycles. The van der Waals surface area contributed by atoms with Crippen LogP contribution in [0.1, 0.15) is 17.3 Å². The SMILES string of the molecule is CC1Sc2ccc(C(=O)Nc3ccc4nc(-c5ccccc5)cn4c3)cc2NC1=O. The van der Waals surface area contributed by atoms with Gasteiger partial charge in [-0.3, -0.25) is 9.59 Å². The average molecular weight is 414 g/mol. The molecule has 2 aromatic carbocycles. The lowest BCUT2D eigenvalue weighted by atomic mass is 10.1. The van der Waals surface area contributed by atoms with Gasteiger partial charge in [0.05, 0.1) is 22.3 Å². The normalized spacial score (nSPS) is 15.5. The Morgan fingerprint density at radius 2 is 1.93 bits per heavy atom. The van der Waals surface area contributed by atoms with Gasteiger partial charge in [-0.1, -0.05) is 30.3 Å². The fraction of sp³-hybridized carbons (Fsp3) is 0.0870. The second-order valence-corrected chi connectivity index (χ2v) is 8.47. The molecule has 3 heterocycles. The molecule has 30 heavy (non-hydrogen) atoms. The van der Waals surface area contributed by atoms with Gasteiger partial charge >= 0.3 is 0 Å². The predicted molar refractivity (Wildman–Crippen MR) is 119 cm³/mol. The Kier molecular flexibility index (Phi) is 4.52. The number of hydrogen-bond donors (Lipinski definition) is 2. The van der Waals surface area contributed by atoms with E-state index in [1.165, 1.54) is 11.8 Å². The number of rotatable bonds is 3. The van der Waals surface area contributed by atoms with Gasteiger partial charge in [-0.15, -0.1) is 11.8 Å². The first-order valence-electron chi connectivity index (χ1n) is 9.54. The zero-order valence-electron chi connectivity index (χ0n) is 16.1. The first kappa shape index (κ1) is 18.4. The van der Waals surface area contributed by atoms with Crippen LogP contribution in [-0.2, 0) is 4.79 Å². The van der Waals surface area contributed by atoms with E-state index in [4.69, 9.17) is 0 Å². The summed E-state index contributed by atoms with van der Waals surface area (Å²) in [5.74, 6) is -0.289. The number of carbonyl (C=O) groups is 2. The molecule has 1 aliphatic heterocycles. The van der Waals surface area contributed by atoms with Crippen LogP contribution < -0.4 is 10.6 Å². The summed E-state index contributed by atoms with van der Waals surface area (Å²) in [7, 11) is 0. The molecule has 0 aliphatic carbocycles. The summed E-state index contributed by atoms with van der Waals surface area (Å²) in [5, 5.41) is 5.64. The number of pyridine rings is 1. The van der Waals surface area contributed by atoms with E-state index in [1.54, 1.807) is 12.1 Å². The van der Waals surface area contributed by atoms with Crippen LogP contribution in [0.5, 0.6) is 0 Å². The van der Waals surface area contributed by atoms with Crippen molar-refractivity contribution in [1.82, 2.24) is 9.38 Å². The third-order valence-corrected chi connectivity index (χ3v) is 6.13. The van der Waals surface area contributed by atoms with Crippen molar-refractivity contribution < 1.29 is 9.59 Å². The topological polar surface area (TPSA) is 75.5 Å². The van der Waals surface area contributed by atoms with Gasteiger partial charge in [0.15, 0.2) is 0 Å². The summed E-state index contributed by atoms with van der Waals surface area (Å²) in [6.07, 6.45) is 3.78. The van der Waals surface area contributed by atoms with E-state index in [0.717, 1.165) is 21.8 Å². The standard InChI is InChI=1S/C23H18N4O2S/c1-14-22(28)26-18-11-16(7-9-20(18)30-14)23(29)24-17-8-10-21-25-19(13-27(21)12-17)15-5-3-2-4-6-15/h2-14H,1H3,(H,24,29)(H,26,28). The summed E-state index contributed by atoms with van der Waals surface area (Å²) in [6, 6.07) is 19.0. The fourth-order valence-electron chi connectivity index (χ4n) is 3.37. The number of hydrogen-bond acceptors (Lipinski definition) is 4. The van der Waals surface area contributed by atoms with E-state index in [0.29, 0.717) is 16.9 Å². The molecule has 6 nitrogen and oxygen atoms in total. The highest BCUT2D eigenvalue weighted by Gasteiger charge is 2.23. The molecule has 0 radical (unpaired) electrons. The maximum Gasteiger partial charge on any atom is 0.255 e. The lowest BCUT2D eigenvalue weighted by Crippen LogP contribution is -2.26. The van der Waals surface area contributed by atoms with Gasteiger partial charge in [0.25, 0.3) is 5.91 Å². The Bertz CT molecular complexity index is 1280. The molecule has 5 rings (SSSR count). The summed E-state index contributed by atoms with van der Waals surface area (Å²) < 4.78 is 1.89. The van der Waals surface area contributed by atoms with Crippen LogP contribution in [0.3, 0.4) is 0 Å². The van der Waals surface area contributed by atoms with Gasteiger partial charge in [-0.25, -0.2) is 4.98 Å². The van der Waals surface area contributed by atoms with Crippen molar-refractivity contribution in [3.05, 3.63) is 78.6 Å². The Morgan fingerprint density at radius 1 is 1.10 bits per heavy atom. The fourth-order valence-corrected chi connectivity index (χ4v) is 4.30. The number of nitrogens with zero attached hydrogens (tertiary/aromatic N) is 2. The lowest BCUT2D eigenvalue weighted by molar-refractivity contribution is -0.115. The van der Waals surface area contributed by atoms with Gasteiger partial charge < -0.3 is 15.0 Å². The molecule has 0 bridgehead atoms. The largest absolute Gasteiger partial charge is 0.324 e. The molecule has 2 N–H and O–H groups in total. The van der Waals surface area contributed by atoms with Gasteiger partial charge in [0.1, 0.15) is 5.65 Å². The summed E-state index contributed by atoms with van der Waals surface area (Å²) in [4.78, 5) is 30.3. The lowest BCUT2D eigenvalue weighted by Gasteiger charge is -2.21. The minimum absolute atomic E-state index is 0.0511. The van der Waals surface area contributed by atoms with E-state index < -0.39 is 0 Å². The van der Waals surface area contributed by atoms with Crippen LogP contribution in [0.2, 0.25) is 0 Å². The van der Waals surface area contributed by atoms with Crippen LogP contribution in [0.25, 0.3) is 16.9 Å². The maximum atomic E-state index is 12.8. The van der Waals surface area contributed by atoms with Crippen molar-refractivity contribution in [3.8, 4) is 11.3 Å². The Morgan fingerprint density at radius 3 is 2.77 bits per heavy atom. The van der Waals surface area contributed by atoms with Crippen LogP contribution in [0.15, 0.2) is 78.0 Å². The monoisotopic (exact) mass is 414 g/mol. The van der Waals surface area contributed by atoms with Crippen LogP contribution in [-0.4, -0.2) is 26.4 Å². The minimum Gasteiger partial charge on any atom is -0.324 e. The molecule has 0 saturated carbocycles. The summed E-state index contributed by atoms with van der Waals surface area (Å²) >= 11 is 1.49. The number of anilines is 2. The Hall–Kier alpha value is -3.58. The Balaban J connectivity index is 1.38. The van der Waals surface area contributed by atoms with Crippen molar-refractivity contribution in [1.29, 1.82) is 0 Å². The molecule has 4 aromatic rings. The number of imidazole rings is 1. The van der Waals surface area contributed by atoms with E-state index in [2.05, 4.69) is 15.6 Å². The molecule has 2 amide bonds. The third kappa shape index (κ3) is 3.44. The average Bonchev–Trinajstić information content (AvgIpc) is 3.18. The van der Waals surface area contributed by atoms with Crippen molar-refractivity contribution in [3.63, 3.8) is 0 Å². The maximum absolute atomic E-state index is 12.8. The molecule has 1 unspecified atom stereocenters. The van der Waals surface area contributed by atoms with Crippen LogP contribution >= 0.6 is 11.8 Å². The molecule has 0 saturated heterocycles. The van der Waals surface area contributed by atoms with Crippen LogP contribution in [0.4, 0.5) is 11.4 Å². The third-order valence-electron chi connectivity index (χ3n) is 4.95. The highest BCUT2D eigenvalue weighted by molar-refractivity contribution is 8.00. The van der Waals surface area contributed by atoms with E-state index in [1.807, 2.05) is 72.2 Å². The number of aromatic nitrogens is 2. The van der Waals surface area contributed by atoms with E-state index in [9.17, 15) is 9.59 Å². The zero-order valence-corrected chi connectivity index (χ0v) is 16.9. The zero-order chi connectivity index (χ0) is 20.7. The number of amides is 2. The molecular formula is C23H18N4O2S. The highest BCUT2D eigenvalue weighted by atomic mass is 32.2. The van der Waals surface area contributed by atoms with Crippen molar-refractivity contribution in [2.75, 3.05) is 10.6 Å². The molecule has 7 heteroatoms. The van der Waals surface area contributed by atoms with Gasteiger partial charge in [0, 0.05) is 28.4 Å². The smallest absolute Gasteiger partial charge is 0.255 e. The van der Waals surface area contributed by atoms with Gasteiger partial charge in [-0.05, 0) is 37.3 Å². The van der Waals surface area contributed by atoms with Crippen LogP contribution in [0, 0.1) is 0 Å². The summed E-state index contributed by atoms with van der Waals surface area (Å²) in [6.45, 7) is 1.86. The second-order valence-electron chi connectivity index (χ2n) is 7.09. The number of nitrogens with one attached hydrogen (secondary N) is 2. The number of carbonyl (C=O) groups excluding carboxylic acids is 2. The van der Waals surface area contributed by atoms with Crippen molar-refractivity contribution in [2.24, 2.45) is 0 Å². The number of thioether (sulfide) groups is 1. The molecule has 1 aliphatic rings. The molecule has 1 atom stereocenters. The predicted octanol–water partition coefficient (Wildman–Crippen LogP) is 4.69. The molecule has 0 fully saturated rings.